The van der Waals surface area contributed by atoms with Crippen molar-refractivity contribution in [2.45, 2.75) is 44.4 Å². The first kappa shape index (κ1) is 22.8. The van der Waals surface area contributed by atoms with Gasteiger partial charge in [-0.05, 0) is 37.0 Å². The molecule has 0 spiro atoms. The van der Waals surface area contributed by atoms with Gasteiger partial charge in [0.1, 0.15) is 25.4 Å². The van der Waals surface area contributed by atoms with Crippen LogP contribution < -0.4 is 5.32 Å². The number of carbonyl (C=O) groups is 4. The van der Waals surface area contributed by atoms with Crippen molar-refractivity contribution in [1.29, 1.82) is 0 Å². The molecule has 1 aliphatic heterocycles. The third-order valence-electron chi connectivity index (χ3n) is 4.51. The standard InChI is InChI=1S/C19H22BrFN2O6/c20-13-5-3-4-12(8-13)11-29-19(28)23-7-2-1-6-15(23)18(27)22-14(9-17(25)26)16(24)10-21/h3-5,8,14-15H,1-2,6-7,9-11H2,(H,22,27)(H,25,26). The van der Waals surface area contributed by atoms with Crippen LogP contribution >= 0.6 is 15.9 Å². The maximum absolute atomic E-state index is 12.7. The Bertz CT molecular complexity index is 775. The Morgan fingerprint density at radius 1 is 1.31 bits per heavy atom. The zero-order valence-corrected chi connectivity index (χ0v) is 17.2. The maximum atomic E-state index is 12.7. The molecular formula is C19H22BrFN2O6. The van der Waals surface area contributed by atoms with Crippen LogP contribution in [0, 0.1) is 0 Å². The van der Waals surface area contributed by atoms with Crippen molar-refractivity contribution < 1.29 is 33.4 Å². The number of nitrogens with zero attached hydrogens (tertiary/aromatic N) is 1. The lowest BCUT2D eigenvalue weighted by molar-refractivity contribution is -0.140. The van der Waals surface area contributed by atoms with Gasteiger partial charge in [-0.15, -0.1) is 0 Å². The summed E-state index contributed by atoms with van der Waals surface area (Å²) >= 11 is 3.33. The molecule has 0 saturated carbocycles. The van der Waals surface area contributed by atoms with Gasteiger partial charge in [0.05, 0.1) is 6.42 Å². The minimum Gasteiger partial charge on any atom is -0.481 e. The van der Waals surface area contributed by atoms with Gasteiger partial charge in [-0.3, -0.25) is 19.3 Å². The fourth-order valence-corrected chi connectivity index (χ4v) is 3.51. The number of nitrogens with one attached hydrogen (secondary N) is 1. The minimum absolute atomic E-state index is 0.0189. The second-order valence-corrected chi connectivity index (χ2v) is 7.56. The van der Waals surface area contributed by atoms with Crippen molar-refractivity contribution in [2.75, 3.05) is 13.2 Å². The van der Waals surface area contributed by atoms with Crippen LogP contribution in [-0.4, -0.2) is 59.1 Å². The summed E-state index contributed by atoms with van der Waals surface area (Å²) in [5, 5.41) is 11.1. The van der Waals surface area contributed by atoms with Gasteiger partial charge in [0, 0.05) is 11.0 Å². The maximum Gasteiger partial charge on any atom is 0.410 e. The molecule has 1 saturated heterocycles. The minimum atomic E-state index is -1.48. The molecule has 0 aliphatic carbocycles. The highest BCUT2D eigenvalue weighted by atomic mass is 79.9. The van der Waals surface area contributed by atoms with E-state index in [9.17, 15) is 23.6 Å². The zero-order valence-electron chi connectivity index (χ0n) is 15.6. The van der Waals surface area contributed by atoms with Gasteiger partial charge in [-0.25, -0.2) is 9.18 Å². The Hall–Kier alpha value is -2.49. The number of benzene rings is 1. The van der Waals surface area contributed by atoms with E-state index in [1.807, 2.05) is 6.07 Å². The van der Waals surface area contributed by atoms with Crippen LogP contribution in [0.5, 0.6) is 0 Å². The van der Waals surface area contributed by atoms with Gasteiger partial charge in [0.2, 0.25) is 5.91 Å². The largest absolute Gasteiger partial charge is 0.481 e. The number of hydrogen-bond acceptors (Lipinski definition) is 5. The first-order valence-electron chi connectivity index (χ1n) is 9.10. The molecule has 1 aliphatic rings. The molecule has 1 aromatic rings. The van der Waals surface area contributed by atoms with Crippen LogP contribution in [0.25, 0.3) is 0 Å². The number of ketones is 1. The number of carboxylic acid groups (broad SMARTS) is 1. The molecule has 158 valence electrons. The molecule has 2 atom stereocenters. The first-order valence-corrected chi connectivity index (χ1v) is 9.89. The summed E-state index contributed by atoms with van der Waals surface area (Å²) in [7, 11) is 0. The summed E-state index contributed by atoms with van der Waals surface area (Å²) in [4.78, 5) is 48.9. The number of amides is 2. The van der Waals surface area contributed by atoms with Crippen molar-refractivity contribution in [1.82, 2.24) is 10.2 Å². The van der Waals surface area contributed by atoms with E-state index in [0.29, 0.717) is 19.3 Å². The molecule has 0 aromatic heterocycles. The number of hydrogen-bond donors (Lipinski definition) is 2. The molecule has 1 aromatic carbocycles. The second-order valence-electron chi connectivity index (χ2n) is 6.65. The second kappa shape index (κ2) is 10.9. The highest BCUT2D eigenvalue weighted by Gasteiger charge is 2.35. The number of rotatable bonds is 8. The summed E-state index contributed by atoms with van der Waals surface area (Å²) in [6.07, 6.45) is 0.276. The smallest absolute Gasteiger partial charge is 0.410 e. The van der Waals surface area contributed by atoms with Gasteiger partial charge in [0.25, 0.3) is 0 Å². The number of carbonyl (C=O) groups excluding carboxylic acids is 3. The molecule has 1 heterocycles. The number of halogens is 2. The monoisotopic (exact) mass is 472 g/mol. The topological polar surface area (TPSA) is 113 Å². The normalized spacial score (nSPS) is 17.3. The predicted octanol–water partition coefficient (Wildman–Crippen LogP) is 2.44. The van der Waals surface area contributed by atoms with Gasteiger partial charge in [-0.2, -0.15) is 0 Å². The molecule has 2 rings (SSSR count). The first-order chi connectivity index (χ1) is 13.8. The van der Waals surface area contributed by atoms with E-state index < -0.39 is 48.9 Å². The molecular weight excluding hydrogens is 451 g/mol. The zero-order chi connectivity index (χ0) is 21.4. The van der Waals surface area contributed by atoms with Crippen LogP contribution in [0.1, 0.15) is 31.2 Å². The van der Waals surface area contributed by atoms with Crippen molar-refractivity contribution >= 4 is 39.7 Å². The molecule has 10 heteroatoms. The van der Waals surface area contributed by atoms with Gasteiger partial charge in [0.15, 0.2) is 5.78 Å². The summed E-state index contributed by atoms with van der Waals surface area (Å²) in [5.74, 6) is -3.07. The number of piperidine rings is 1. The van der Waals surface area contributed by atoms with Crippen molar-refractivity contribution in [3.8, 4) is 0 Å². The van der Waals surface area contributed by atoms with E-state index in [1.165, 1.54) is 4.90 Å². The predicted molar refractivity (Wildman–Crippen MR) is 104 cm³/mol. The Kier molecular flexibility index (Phi) is 8.56. The summed E-state index contributed by atoms with van der Waals surface area (Å²) < 4.78 is 18.8. The third kappa shape index (κ3) is 6.81. The summed E-state index contributed by atoms with van der Waals surface area (Å²) in [6.45, 7) is -1.08. The van der Waals surface area contributed by atoms with E-state index in [-0.39, 0.29) is 13.2 Å². The van der Waals surface area contributed by atoms with Crippen LogP contribution in [0.15, 0.2) is 28.7 Å². The van der Waals surface area contributed by atoms with Crippen molar-refractivity contribution in [2.24, 2.45) is 0 Å². The highest BCUT2D eigenvalue weighted by molar-refractivity contribution is 9.10. The number of carboxylic acids is 1. The van der Waals surface area contributed by atoms with Gasteiger partial charge < -0.3 is 15.2 Å². The van der Waals surface area contributed by atoms with E-state index >= 15 is 0 Å². The molecule has 0 bridgehead atoms. The molecule has 1 fully saturated rings. The average molecular weight is 473 g/mol. The number of aliphatic carboxylic acids is 1. The number of ether oxygens (including phenoxy) is 1. The Balaban J connectivity index is 2.02. The van der Waals surface area contributed by atoms with Crippen molar-refractivity contribution in [3.63, 3.8) is 0 Å². The fraction of sp³-hybridized carbons (Fsp3) is 0.474. The fourth-order valence-electron chi connectivity index (χ4n) is 3.06. The summed E-state index contributed by atoms with van der Waals surface area (Å²) in [5.41, 5.74) is 0.765. The lowest BCUT2D eigenvalue weighted by Gasteiger charge is -2.34. The summed E-state index contributed by atoms with van der Waals surface area (Å²) in [6, 6.07) is 4.83. The van der Waals surface area contributed by atoms with Crippen LogP contribution in [0.2, 0.25) is 0 Å². The molecule has 8 nitrogen and oxygen atoms in total. The van der Waals surface area contributed by atoms with E-state index in [0.717, 1.165) is 10.0 Å². The number of likely N-dealkylation sites (tertiary alicyclic amines) is 1. The van der Waals surface area contributed by atoms with Crippen molar-refractivity contribution in [3.05, 3.63) is 34.3 Å². The van der Waals surface area contributed by atoms with Crippen LogP contribution in [-0.2, 0) is 25.7 Å². The van der Waals surface area contributed by atoms with E-state index in [2.05, 4.69) is 21.2 Å². The van der Waals surface area contributed by atoms with Crippen LogP contribution in [0.3, 0.4) is 0 Å². The van der Waals surface area contributed by atoms with E-state index in [4.69, 9.17) is 9.84 Å². The van der Waals surface area contributed by atoms with E-state index in [1.54, 1.807) is 18.2 Å². The Morgan fingerprint density at radius 2 is 2.07 bits per heavy atom. The Morgan fingerprint density at radius 3 is 2.72 bits per heavy atom. The van der Waals surface area contributed by atoms with Gasteiger partial charge >= 0.3 is 12.1 Å². The quantitative estimate of drug-likeness (QED) is 0.600. The molecule has 0 radical (unpaired) electrons. The number of Topliss-reactive ketones (excluding diaryl/α,β-unsaturated/α-hetero) is 1. The highest BCUT2D eigenvalue weighted by Crippen LogP contribution is 2.20. The van der Waals surface area contributed by atoms with Gasteiger partial charge in [-0.1, -0.05) is 28.1 Å². The third-order valence-corrected chi connectivity index (χ3v) is 5.00. The van der Waals surface area contributed by atoms with Crippen LogP contribution in [0.4, 0.5) is 9.18 Å². The molecule has 2 amide bonds. The SMILES string of the molecule is O=C(O)CC(NC(=O)C1CCCCN1C(=O)OCc1cccc(Br)c1)C(=O)CF. The lowest BCUT2D eigenvalue weighted by atomic mass is 10.0. The Labute approximate surface area is 175 Å². The molecule has 29 heavy (non-hydrogen) atoms. The molecule has 2 N–H and O–H groups in total. The molecule has 2 unspecified atom stereocenters. The average Bonchev–Trinajstić information content (AvgIpc) is 2.70. The lowest BCUT2D eigenvalue weighted by Crippen LogP contribution is -2.55. The number of alkyl halides is 1.